The third-order valence-corrected chi connectivity index (χ3v) is 6.20. The predicted molar refractivity (Wildman–Crippen MR) is 106 cm³/mol. The molecule has 2 heterocycles. The number of likely N-dealkylation sites (tertiary alicyclic amines) is 1. The molecule has 2 fully saturated rings. The van der Waals surface area contributed by atoms with E-state index in [2.05, 4.69) is 20.5 Å². The SMILES string of the molecule is O=C(Nc1ncc(Cc2ccccc2Cl)s1)C(=O)NC1CCN(C2CC2)C1. The van der Waals surface area contributed by atoms with Crippen LogP contribution < -0.4 is 10.6 Å². The Balaban J connectivity index is 1.28. The molecule has 27 heavy (non-hydrogen) atoms. The van der Waals surface area contributed by atoms with Crippen molar-refractivity contribution in [3.05, 3.63) is 45.9 Å². The standard InChI is InChI=1S/C19H21ClN4O2S/c20-16-4-2-1-3-12(16)9-15-10-21-19(27-15)23-18(26)17(25)22-13-7-8-24(11-13)14-5-6-14/h1-4,10,13-14H,5-9,11H2,(H,22,25)(H,21,23,26). The Hall–Kier alpha value is -1.96. The smallest absolute Gasteiger partial charge is 0.315 e. The minimum atomic E-state index is -0.668. The van der Waals surface area contributed by atoms with Gasteiger partial charge in [0.05, 0.1) is 0 Å². The van der Waals surface area contributed by atoms with Gasteiger partial charge in [-0.1, -0.05) is 29.8 Å². The maximum atomic E-state index is 12.2. The molecular weight excluding hydrogens is 384 g/mol. The monoisotopic (exact) mass is 404 g/mol. The van der Waals surface area contributed by atoms with Gasteiger partial charge in [-0.25, -0.2) is 4.98 Å². The number of thiazole rings is 1. The third kappa shape index (κ3) is 4.66. The fourth-order valence-electron chi connectivity index (χ4n) is 3.36. The Labute approximate surface area is 166 Å². The molecule has 142 valence electrons. The highest BCUT2D eigenvalue weighted by molar-refractivity contribution is 7.15. The molecule has 1 aromatic heterocycles. The number of hydrogen-bond donors (Lipinski definition) is 2. The highest BCUT2D eigenvalue weighted by Crippen LogP contribution is 2.29. The Bertz CT molecular complexity index is 852. The van der Waals surface area contributed by atoms with Crippen LogP contribution in [-0.4, -0.2) is 46.9 Å². The second kappa shape index (κ2) is 7.96. The minimum absolute atomic E-state index is 0.0518. The highest BCUT2D eigenvalue weighted by atomic mass is 35.5. The van der Waals surface area contributed by atoms with Crippen LogP contribution in [0.3, 0.4) is 0 Å². The summed E-state index contributed by atoms with van der Waals surface area (Å²) in [6.45, 7) is 1.83. The molecule has 1 aliphatic heterocycles. The number of amides is 2. The number of carbonyl (C=O) groups is 2. The van der Waals surface area contributed by atoms with Gasteiger partial charge >= 0.3 is 11.8 Å². The summed E-state index contributed by atoms with van der Waals surface area (Å²) in [7, 11) is 0. The lowest BCUT2D eigenvalue weighted by atomic mass is 10.1. The second-order valence-electron chi connectivity index (χ2n) is 7.04. The number of carbonyl (C=O) groups excluding carboxylic acids is 2. The van der Waals surface area contributed by atoms with Crippen molar-refractivity contribution in [1.29, 1.82) is 0 Å². The van der Waals surface area contributed by atoms with Gasteiger partial charge in [-0.05, 0) is 30.9 Å². The van der Waals surface area contributed by atoms with Gasteiger partial charge in [-0.2, -0.15) is 0 Å². The maximum Gasteiger partial charge on any atom is 0.315 e. The molecule has 1 aliphatic carbocycles. The van der Waals surface area contributed by atoms with E-state index in [4.69, 9.17) is 11.6 Å². The molecule has 0 radical (unpaired) electrons. The van der Waals surface area contributed by atoms with Gasteiger partial charge in [0.15, 0.2) is 5.13 Å². The molecule has 8 heteroatoms. The Morgan fingerprint density at radius 1 is 1.22 bits per heavy atom. The van der Waals surface area contributed by atoms with Crippen molar-refractivity contribution >= 4 is 39.9 Å². The van der Waals surface area contributed by atoms with E-state index < -0.39 is 11.8 Å². The number of benzene rings is 1. The van der Waals surface area contributed by atoms with Crippen molar-refractivity contribution < 1.29 is 9.59 Å². The molecule has 1 saturated carbocycles. The van der Waals surface area contributed by atoms with Crippen molar-refractivity contribution in [3.63, 3.8) is 0 Å². The third-order valence-electron chi connectivity index (χ3n) is 4.92. The number of rotatable bonds is 5. The molecular formula is C19H21ClN4O2S. The summed E-state index contributed by atoms with van der Waals surface area (Å²) < 4.78 is 0. The molecule has 1 aromatic carbocycles. The lowest BCUT2D eigenvalue weighted by Gasteiger charge is -2.15. The van der Waals surface area contributed by atoms with E-state index in [1.54, 1.807) is 6.20 Å². The van der Waals surface area contributed by atoms with Crippen molar-refractivity contribution in [2.45, 2.75) is 37.8 Å². The lowest BCUT2D eigenvalue weighted by Crippen LogP contribution is -2.43. The zero-order valence-electron chi connectivity index (χ0n) is 14.8. The normalized spacial score (nSPS) is 19.8. The van der Waals surface area contributed by atoms with E-state index in [9.17, 15) is 9.59 Å². The fraction of sp³-hybridized carbons (Fsp3) is 0.421. The number of nitrogens with zero attached hydrogens (tertiary/aromatic N) is 2. The zero-order chi connectivity index (χ0) is 18.8. The first-order valence-electron chi connectivity index (χ1n) is 9.12. The van der Waals surface area contributed by atoms with Gasteiger partial charge in [-0.3, -0.25) is 19.8 Å². The summed E-state index contributed by atoms with van der Waals surface area (Å²) in [4.78, 5) is 31.9. The van der Waals surface area contributed by atoms with Crippen molar-refractivity contribution in [2.24, 2.45) is 0 Å². The van der Waals surface area contributed by atoms with E-state index in [1.165, 1.54) is 24.2 Å². The largest absolute Gasteiger partial charge is 0.344 e. The summed E-state index contributed by atoms with van der Waals surface area (Å²) >= 11 is 7.53. The molecule has 2 aromatic rings. The van der Waals surface area contributed by atoms with Crippen LogP contribution in [0.2, 0.25) is 5.02 Å². The summed E-state index contributed by atoms with van der Waals surface area (Å²) in [5, 5.41) is 6.55. The van der Waals surface area contributed by atoms with Gasteiger partial charge in [0.2, 0.25) is 0 Å². The minimum Gasteiger partial charge on any atom is -0.344 e. The van der Waals surface area contributed by atoms with Crippen LogP contribution in [-0.2, 0) is 16.0 Å². The molecule has 6 nitrogen and oxygen atoms in total. The topological polar surface area (TPSA) is 74.3 Å². The van der Waals surface area contributed by atoms with Gasteiger partial charge < -0.3 is 5.32 Å². The molecule has 1 unspecified atom stereocenters. The summed E-state index contributed by atoms with van der Waals surface area (Å²) in [6.07, 6.45) is 5.74. The van der Waals surface area contributed by atoms with E-state index in [1.807, 2.05) is 24.3 Å². The quantitative estimate of drug-likeness (QED) is 0.751. The summed E-state index contributed by atoms with van der Waals surface area (Å²) in [5.74, 6) is -1.26. The number of hydrogen-bond acceptors (Lipinski definition) is 5. The van der Waals surface area contributed by atoms with E-state index in [-0.39, 0.29) is 6.04 Å². The first-order chi connectivity index (χ1) is 13.1. The molecule has 1 atom stereocenters. The van der Waals surface area contributed by atoms with Gasteiger partial charge in [-0.15, -0.1) is 11.3 Å². The van der Waals surface area contributed by atoms with E-state index >= 15 is 0 Å². The van der Waals surface area contributed by atoms with Gasteiger partial charge in [0.25, 0.3) is 0 Å². The molecule has 2 amide bonds. The van der Waals surface area contributed by atoms with Crippen LogP contribution in [0.5, 0.6) is 0 Å². The fourth-order valence-corrected chi connectivity index (χ4v) is 4.39. The zero-order valence-corrected chi connectivity index (χ0v) is 16.4. The average molecular weight is 405 g/mol. The van der Waals surface area contributed by atoms with Crippen LogP contribution in [0.4, 0.5) is 5.13 Å². The van der Waals surface area contributed by atoms with Crippen LogP contribution in [0.1, 0.15) is 29.7 Å². The molecule has 4 rings (SSSR count). The molecule has 2 N–H and O–H groups in total. The van der Waals surface area contributed by atoms with E-state index in [0.717, 1.165) is 30.0 Å². The second-order valence-corrected chi connectivity index (χ2v) is 8.56. The van der Waals surface area contributed by atoms with Crippen LogP contribution in [0.15, 0.2) is 30.5 Å². The maximum absolute atomic E-state index is 12.2. The van der Waals surface area contributed by atoms with E-state index in [0.29, 0.717) is 22.6 Å². The molecule has 2 aliphatic rings. The van der Waals surface area contributed by atoms with Crippen molar-refractivity contribution in [2.75, 3.05) is 18.4 Å². The summed E-state index contributed by atoms with van der Waals surface area (Å²) in [5.41, 5.74) is 1.000. The first kappa shape index (κ1) is 18.4. The Kier molecular flexibility index (Phi) is 5.43. The number of anilines is 1. The predicted octanol–water partition coefficient (Wildman–Crippen LogP) is 2.68. The van der Waals surface area contributed by atoms with Crippen LogP contribution in [0.25, 0.3) is 0 Å². The van der Waals surface area contributed by atoms with Gasteiger partial charge in [0.1, 0.15) is 0 Å². The number of nitrogens with one attached hydrogen (secondary N) is 2. The molecule has 0 spiro atoms. The van der Waals surface area contributed by atoms with Gasteiger partial charge in [0, 0.05) is 47.7 Å². The Morgan fingerprint density at radius 3 is 2.81 bits per heavy atom. The van der Waals surface area contributed by atoms with Crippen LogP contribution in [0, 0.1) is 0 Å². The number of halogens is 1. The summed E-state index contributed by atoms with van der Waals surface area (Å²) in [6, 6.07) is 8.36. The van der Waals surface area contributed by atoms with Crippen LogP contribution >= 0.6 is 22.9 Å². The van der Waals surface area contributed by atoms with Crippen molar-refractivity contribution in [3.8, 4) is 0 Å². The molecule has 1 saturated heterocycles. The van der Waals surface area contributed by atoms with Crippen molar-refractivity contribution in [1.82, 2.24) is 15.2 Å². The highest BCUT2D eigenvalue weighted by Gasteiger charge is 2.35. The Morgan fingerprint density at radius 2 is 2.04 bits per heavy atom. The molecule has 0 bridgehead atoms. The average Bonchev–Trinajstić information content (AvgIpc) is 3.25. The number of aromatic nitrogens is 1. The first-order valence-corrected chi connectivity index (χ1v) is 10.3. The lowest BCUT2D eigenvalue weighted by molar-refractivity contribution is -0.136.